The van der Waals surface area contributed by atoms with E-state index in [1.165, 1.54) is 12.1 Å². The van der Waals surface area contributed by atoms with Gasteiger partial charge in [0.25, 0.3) is 5.91 Å². The van der Waals surface area contributed by atoms with E-state index in [0.717, 1.165) is 24.8 Å². The number of hydrogen-bond donors (Lipinski definition) is 1. The molecule has 0 bridgehead atoms. The highest BCUT2D eigenvalue weighted by Crippen LogP contribution is 2.20. The standard InChI is InChI=1S/C16H18FN3O.2ClH/c1-10-14(16(21)20-6-2-3-13(18)9-20)7-11-4-5-12(17)8-15(11)19-10;;/h4-5,7-8,13H,2-3,6,9,18H2,1H3;2*1H. The fraction of sp³-hybridized carbons (Fsp3) is 0.375. The zero-order chi connectivity index (χ0) is 15.0. The fourth-order valence-electron chi connectivity index (χ4n) is 2.82. The molecule has 1 atom stereocenters. The lowest BCUT2D eigenvalue weighted by molar-refractivity contribution is 0.0708. The van der Waals surface area contributed by atoms with Crippen molar-refractivity contribution in [2.24, 2.45) is 5.73 Å². The average Bonchev–Trinajstić information content (AvgIpc) is 2.45. The van der Waals surface area contributed by atoms with Crippen molar-refractivity contribution in [3.8, 4) is 0 Å². The van der Waals surface area contributed by atoms with Crippen molar-refractivity contribution in [2.45, 2.75) is 25.8 Å². The number of carbonyl (C=O) groups is 1. The Balaban J connectivity index is 0.00000132. The normalized spacial score (nSPS) is 17.3. The van der Waals surface area contributed by atoms with Crippen LogP contribution < -0.4 is 5.73 Å². The Kier molecular flexibility index (Phi) is 6.74. The molecular formula is C16H20Cl2FN3O. The summed E-state index contributed by atoms with van der Waals surface area (Å²) >= 11 is 0. The molecule has 1 aliphatic heterocycles. The second-order valence-corrected chi connectivity index (χ2v) is 5.61. The average molecular weight is 360 g/mol. The second-order valence-electron chi connectivity index (χ2n) is 5.61. The summed E-state index contributed by atoms with van der Waals surface area (Å²) < 4.78 is 13.2. The highest BCUT2D eigenvalue weighted by Gasteiger charge is 2.24. The van der Waals surface area contributed by atoms with Crippen LogP contribution in [-0.4, -0.2) is 34.9 Å². The van der Waals surface area contributed by atoms with Crippen molar-refractivity contribution in [3.05, 3.63) is 41.3 Å². The van der Waals surface area contributed by atoms with E-state index >= 15 is 0 Å². The first-order valence-corrected chi connectivity index (χ1v) is 7.16. The summed E-state index contributed by atoms with van der Waals surface area (Å²) in [6, 6.07) is 6.25. The van der Waals surface area contributed by atoms with Gasteiger partial charge in [-0.15, -0.1) is 24.8 Å². The van der Waals surface area contributed by atoms with Crippen LogP contribution in [0, 0.1) is 12.7 Å². The molecule has 0 spiro atoms. The third-order valence-corrected chi connectivity index (χ3v) is 3.95. The summed E-state index contributed by atoms with van der Waals surface area (Å²) in [4.78, 5) is 18.8. The highest BCUT2D eigenvalue weighted by atomic mass is 35.5. The summed E-state index contributed by atoms with van der Waals surface area (Å²) in [6.45, 7) is 3.09. The third-order valence-electron chi connectivity index (χ3n) is 3.95. The predicted octanol–water partition coefficient (Wildman–Crippen LogP) is 3.09. The molecule has 2 heterocycles. The number of likely N-dealkylation sites (tertiary alicyclic amines) is 1. The quantitative estimate of drug-likeness (QED) is 0.850. The number of nitrogens with zero attached hydrogens (tertiary/aromatic N) is 2. The van der Waals surface area contributed by atoms with Gasteiger partial charge in [0, 0.05) is 30.6 Å². The van der Waals surface area contributed by atoms with Gasteiger partial charge in [-0.3, -0.25) is 9.78 Å². The Hall–Kier alpha value is -1.43. The van der Waals surface area contributed by atoms with E-state index in [1.807, 2.05) is 0 Å². The van der Waals surface area contributed by atoms with E-state index < -0.39 is 0 Å². The molecule has 1 amide bonds. The van der Waals surface area contributed by atoms with Crippen molar-refractivity contribution in [2.75, 3.05) is 13.1 Å². The summed E-state index contributed by atoms with van der Waals surface area (Å²) in [6.07, 6.45) is 1.89. The van der Waals surface area contributed by atoms with Crippen LogP contribution in [-0.2, 0) is 0 Å². The molecule has 7 heteroatoms. The van der Waals surface area contributed by atoms with Crippen molar-refractivity contribution in [1.29, 1.82) is 0 Å². The van der Waals surface area contributed by atoms with Crippen LogP contribution in [0.5, 0.6) is 0 Å². The predicted molar refractivity (Wildman–Crippen MR) is 94.0 cm³/mol. The summed E-state index contributed by atoms with van der Waals surface area (Å²) in [5.74, 6) is -0.364. The molecule has 0 aliphatic carbocycles. The molecule has 1 aromatic carbocycles. The first-order valence-electron chi connectivity index (χ1n) is 7.16. The van der Waals surface area contributed by atoms with Crippen LogP contribution in [0.15, 0.2) is 24.3 Å². The molecule has 2 N–H and O–H groups in total. The first kappa shape index (κ1) is 19.6. The molecular weight excluding hydrogens is 340 g/mol. The summed E-state index contributed by atoms with van der Waals surface area (Å²) in [5.41, 5.74) is 7.70. The lowest BCUT2D eigenvalue weighted by atomic mass is 10.0. The lowest BCUT2D eigenvalue weighted by Gasteiger charge is -2.31. The Morgan fingerprint density at radius 3 is 2.78 bits per heavy atom. The van der Waals surface area contributed by atoms with Gasteiger partial charge in [-0.2, -0.15) is 0 Å². The topological polar surface area (TPSA) is 59.2 Å². The number of aryl methyl sites for hydroxylation is 1. The molecule has 23 heavy (non-hydrogen) atoms. The van der Waals surface area contributed by atoms with Gasteiger partial charge in [0.1, 0.15) is 5.82 Å². The van der Waals surface area contributed by atoms with Gasteiger partial charge in [-0.1, -0.05) is 0 Å². The van der Waals surface area contributed by atoms with Gasteiger partial charge in [0.2, 0.25) is 0 Å². The smallest absolute Gasteiger partial charge is 0.255 e. The molecule has 2 aromatic rings. The third kappa shape index (κ3) is 4.10. The Bertz CT molecular complexity index is 711. The van der Waals surface area contributed by atoms with Crippen molar-refractivity contribution in [1.82, 2.24) is 9.88 Å². The van der Waals surface area contributed by atoms with Crippen LogP contribution in [0.25, 0.3) is 10.9 Å². The maximum absolute atomic E-state index is 13.2. The summed E-state index contributed by atoms with van der Waals surface area (Å²) in [5, 5.41) is 0.770. The van der Waals surface area contributed by atoms with Gasteiger partial charge in [-0.05, 0) is 38.0 Å². The summed E-state index contributed by atoms with van der Waals surface area (Å²) in [7, 11) is 0. The fourth-order valence-corrected chi connectivity index (χ4v) is 2.82. The number of pyridine rings is 1. The molecule has 1 saturated heterocycles. The monoisotopic (exact) mass is 359 g/mol. The van der Waals surface area contributed by atoms with Crippen molar-refractivity contribution < 1.29 is 9.18 Å². The molecule has 1 unspecified atom stereocenters. The zero-order valence-electron chi connectivity index (χ0n) is 12.8. The number of amides is 1. The van der Waals surface area contributed by atoms with Crippen LogP contribution in [0.1, 0.15) is 28.9 Å². The minimum atomic E-state index is -0.324. The van der Waals surface area contributed by atoms with E-state index in [-0.39, 0.29) is 42.6 Å². The minimum Gasteiger partial charge on any atom is -0.337 e. The Labute approximate surface area is 147 Å². The number of aromatic nitrogens is 1. The molecule has 3 rings (SSSR count). The van der Waals surface area contributed by atoms with Gasteiger partial charge >= 0.3 is 0 Å². The Morgan fingerprint density at radius 2 is 2.09 bits per heavy atom. The molecule has 1 fully saturated rings. The van der Waals surface area contributed by atoms with Crippen LogP contribution in [0.4, 0.5) is 4.39 Å². The number of benzene rings is 1. The minimum absolute atomic E-state index is 0. The van der Waals surface area contributed by atoms with Gasteiger partial charge in [-0.25, -0.2) is 4.39 Å². The first-order chi connectivity index (χ1) is 10.0. The second kappa shape index (κ2) is 7.90. The molecule has 4 nitrogen and oxygen atoms in total. The number of hydrogen-bond acceptors (Lipinski definition) is 3. The number of rotatable bonds is 1. The van der Waals surface area contributed by atoms with Crippen LogP contribution in [0.2, 0.25) is 0 Å². The molecule has 1 aliphatic rings. The van der Waals surface area contributed by atoms with Crippen molar-refractivity contribution in [3.63, 3.8) is 0 Å². The van der Waals surface area contributed by atoms with Gasteiger partial charge in [0.15, 0.2) is 0 Å². The highest BCUT2D eigenvalue weighted by molar-refractivity contribution is 5.98. The number of fused-ring (bicyclic) bond motifs is 1. The number of piperidine rings is 1. The van der Waals surface area contributed by atoms with Gasteiger partial charge in [0.05, 0.1) is 16.8 Å². The van der Waals surface area contributed by atoms with E-state index in [0.29, 0.717) is 23.3 Å². The number of halogens is 3. The largest absolute Gasteiger partial charge is 0.337 e. The number of carbonyl (C=O) groups excluding carboxylic acids is 1. The van der Waals surface area contributed by atoms with E-state index in [4.69, 9.17) is 5.73 Å². The number of nitrogens with two attached hydrogens (primary N) is 1. The maximum Gasteiger partial charge on any atom is 0.255 e. The SMILES string of the molecule is Cc1nc2cc(F)ccc2cc1C(=O)N1CCCC(N)C1.Cl.Cl. The molecule has 126 valence electrons. The molecule has 1 aromatic heterocycles. The Morgan fingerprint density at radius 1 is 1.35 bits per heavy atom. The van der Waals surface area contributed by atoms with Crippen molar-refractivity contribution >= 4 is 41.6 Å². The molecule has 0 radical (unpaired) electrons. The van der Waals surface area contributed by atoms with E-state index in [1.54, 1.807) is 24.0 Å². The van der Waals surface area contributed by atoms with Gasteiger partial charge < -0.3 is 10.6 Å². The molecule has 0 saturated carbocycles. The van der Waals surface area contributed by atoms with Crippen LogP contribution >= 0.6 is 24.8 Å². The maximum atomic E-state index is 13.2. The lowest BCUT2D eigenvalue weighted by Crippen LogP contribution is -2.45. The van der Waals surface area contributed by atoms with E-state index in [9.17, 15) is 9.18 Å². The van der Waals surface area contributed by atoms with Crippen LogP contribution in [0.3, 0.4) is 0 Å². The zero-order valence-corrected chi connectivity index (χ0v) is 14.4. The van der Waals surface area contributed by atoms with E-state index in [2.05, 4.69) is 4.98 Å².